The minimum Gasteiger partial charge on any atom is -0.496 e. The lowest BCUT2D eigenvalue weighted by Crippen LogP contribution is -2.39. The Morgan fingerprint density at radius 1 is 1.41 bits per heavy atom. The van der Waals surface area contributed by atoms with Crippen molar-refractivity contribution in [3.63, 3.8) is 0 Å². The van der Waals surface area contributed by atoms with Crippen LogP contribution in [0.25, 0.3) is 0 Å². The molecule has 96 valence electrons. The van der Waals surface area contributed by atoms with Gasteiger partial charge >= 0.3 is 0 Å². The van der Waals surface area contributed by atoms with E-state index in [1.807, 2.05) is 12.1 Å². The zero-order chi connectivity index (χ0) is 12.8. The molecule has 0 aliphatic rings. The van der Waals surface area contributed by atoms with Crippen molar-refractivity contribution >= 4 is 15.9 Å². The van der Waals surface area contributed by atoms with E-state index >= 15 is 0 Å². The van der Waals surface area contributed by atoms with E-state index in [2.05, 4.69) is 41.2 Å². The monoisotopic (exact) mass is 300 g/mol. The van der Waals surface area contributed by atoms with E-state index in [4.69, 9.17) is 10.5 Å². The number of hydrogen-bond acceptors (Lipinski definition) is 3. The molecular formula is C13H21BrN2O. The van der Waals surface area contributed by atoms with Crippen LogP contribution in [-0.2, 0) is 6.54 Å². The standard InChI is InChI=1S/C13H21BrN2O/c1-9(2)12(7-15)16-8-10-4-5-11(14)6-13(10)17-3/h4-6,9,12,16H,7-8,15H2,1-3H3. The largest absolute Gasteiger partial charge is 0.496 e. The highest BCUT2D eigenvalue weighted by molar-refractivity contribution is 9.10. The first-order valence-electron chi connectivity index (χ1n) is 5.84. The Labute approximate surface area is 112 Å². The number of ether oxygens (including phenoxy) is 1. The first-order chi connectivity index (χ1) is 8.08. The molecule has 0 saturated carbocycles. The van der Waals surface area contributed by atoms with Crippen molar-refractivity contribution in [2.75, 3.05) is 13.7 Å². The molecule has 0 aliphatic heterocycles. The summed E-state index contributed by atoms with van der Waals surface area (Å²) in [6.45, 7) is 5.76. The number of hydrogen-bond donors (Lipinski definition) is 2. The van der Waals surface area contributed by atoms with E-state index in [1.54, 1.807) is 7.11 Å². The third kappa shape index (κ3) is 4.30. The Bertz CT molecular complexity index is 355. The third-order valence-corrected chi connectivity index (χ3v) is 3.36. The topological polar surface area (TPSA) is 47.3 Å². The van der Waals surface area contributed by atoms with Crippen LogP contribution in [0.15, 0.2) is 22.7 Å². The van der Waals surface area contributed by atoms with Gasteiger partial charge in [-0.25, -0.2) is 0 Å². The Morgan fingerprint density at radius 3 is 2.65 bits per heavy atom. The summed E-state index contributed by atoms with van der Waals surface area (Å²) in [4.78, 5) is 0. The molecule has 3 nitrogen and oxygen atoms in total. The Morgan fingerprint density at radius 2 is 2.12 bits per heavy atom. The maximum absolute atomic E-state index is 5.73. The van der Waals surface area contributed by atoms with E-state index in [9.17, 15) is 0 Å². The number of rotatable bonds is 6. The zero-order valence-corrected chi connectivity index (χ0v) is 12.3. The number of methoxy groups -OCH3 is 1. The zero-order valence-electron chi connectivity index (χ0n) is 10.7. The van der Waals surface area contributed by atoms with Gasteiger partial charge in [-0.3, -0.25) is 0 Å². The molecule has 1 aromatic rings. The summed E-state index contributed by atoms with van der Waals surface area (Å²) < 4.78 is 6.38. The van der Waals surface area contributed by atoms with Crippen LogP contribution in [0.5, 0.6) is 5.75 Å². The molecule has 0 heterocycles. The molecule has 4 heteroatoms. The fourth-order valence-electron chi connectivity index (χ4n) is 1.70. The van der Waals surface area contributed by atoms with Crippen molar-refractivity contribution in [2.45, 2.75) is 26.4 Å². The lowest BCUT2D eigenvalue weighted by Gasteiger charge is -2.21. The summed E-state index contributed by atoms with van der Waals surface area (Å²) >= 11 is 3.43. The van der Waals surface area contributed by atoms with Gasteiger partial charge in [0.15, 0.2) is 0 Å². The molecule has 1 aromatic carbocycles. The highest BCUT2D eigenvalue weighted by atomic mass is 79.9. The van der Waals surface area contributed by atoms with E-state index in [0.717, 1.165) is 22.3 Å². The van der Waals surface area contributed by atoms with Gasteiger partial charge in [0.25, 0.3) is 0 Å². The summed E-state index contributed by atoms with van der Waals surface area (Å²) in [7, 11) is 1.69. The third-order valence-electron chi connectivity index (χ3n) is 2.86. The van der Waals surface area contributed by atoms with Crippen LogP contribution in [0.1, 0.15) is 19.4 Å². The van der Waals surface area contributed by atoms with Gasteiger partial charge in [0, 0.05) is 29.2 Å². The van der Waals surface area contributed by atoms with Crippen LogP contribution < -0.4 is 15.8 Å². The fourth-order valence-corrected chi connectivity index (χ4v) is 2.04. The van der Waals surface area contributed by atoms with Crippen molar-refractivity contribution in [1.82, 2.24) is 5.32 Å². The normalized spacial score (nSPS) is 12.8. The van der Waals surface area contributed by atoms with Gasteiger partial charge in [-0.15, -0.1) is 0 Å². The van der Waals surface area contributed by atoms with Gasteiger partial charge in [-0.05, 0) is 18.1 Å². The molecule has 0 amide bonds. The average Bonchev–Trinajstić information content (AvgIpc) is 2.31. The van der Waals surface area contributed by atoms with E-state index in [1.165, 1.54) is 0 Å². The summed E-state index contributed by atoms with van der Waals surface area (Å²) in [5.41, 5.74) is 6.88. The molecule has 3 N–H and O–H groups in total. The molecule has 0 fully saturated rings. The minimum atomic E-state index is 0.336. The van der Waals surface area contributed by atoms with Gasteiger partial charge in [0.2, 0.25) is 0 Å². The van der Waals surface area contributed by atoms with Gasteiger partial charge < -0.3 is 15.8 Å². The number of benzene rings is 1. The van der Waals surface area contributed by atoms with E-state index in [0.29, 0.717) is 18.5 Å². The van der Waals surface area contributed by atoms with E-state index in [-0.39, 0.29) is 0 Å². The SMILES string of the molecule is COc1cc(Br)ccc1CNC(CN)C(C)C. The molecule has 1 unspecified atom stereocenters. The molecule has 0 bridgehead atoms. The van der Waals surface area contributed by atoms with E-state index < -0.39 is 0 Å². The lowest BCUT2D eigenvalue weighted by molar-refractivity contribution is 0.386. The quantitative estimate of drug-likeness (QED) is 0.849. The Balaban J connectivity index is 2.68. The molecule has 1 rings (SSSR count). The van der Waals surface area contributed by atoms with Gasteiger partial charge in [0.05, 0.1) is 7.11 Å². The van der Waals surface area contributed by atoms with Crippen molar-refractivity contribution in [1.29, 1.82) is 0 Å². The smallest absolute Gasteiger partial charge is 0.124 e. The maximum atomic E-state index is 5.73. The Hall–Kier alpha value is -0.580. The fraction of sp³-hybridized carbons (Fsp3) is 0.538. The molecule has 0 aliphatic carbocycles. The highest BCUT2D eigenvalue weighted by Gasteiger charge is 2.11. The Kier molecular flexibility index (Phi) is 5.95. The van der Waals surface area contributed by atoms with Gasteiger partial charge in [0.1, 0.15) is 5.75 Å². The summed E-state index contributed by atoms with van der Waals surface area (Å²) in [6.07, 6.45) is 0. The predicted molar refractivity (Wildman–Crippen MR) is 75.2 cm³/mol. The second kappa shape index (κ2) is 6.99. The number of nitrogens with one attached hydrogen (secondary N) is 1. The second-order valence-electron chi connectivity index (χ2n) is 4.42. The van der Waals surface area contributed by atoms with Crippen molar-refractivity contribution in [2.24, 2.45) is 11.7 Å². The summed E-state index contributed by atoms with van der Waals surface area (Å²) in [5, 5.41) is 3.46. The van der Waals surface area contributed by atoms with Crippen LogP contribution in [-0.4, -0.2) is 19.7 Å². The molecule has 0 aromatic heterocycles. The van der Waals surface area contributed by atoms with Crippen LogP contribution in [0, 0.1) is 5.92 Å². The molecule has 0 saturated heterocycles. The average molecular weight is 301 g/mol. The first-order valence-corrected chi connectivity index (χ1v) is 6.63. The van der Waals surface area contributed by atoms with Crippen molar-refractivity contribution in [3.05, 3.63) is 28.2 Å². The van der Waals surface area contributed by atoms with Crippen LogP contribution in [0.4, 0.5) is 0 Å². The number of halogens is 1. The van der Waals surface area contributed by atoms with Crippen LogP contribution in [0.2, 0.25) is 0 Å². The highest BCUT2D eigenvalue weighted by Crippen LogP contribution is 2.23. The second-order valence-corrected chi connectivity index (χ2v) is 5.34. The molecule has 1 atom stereocenters. The minimum absolute atomic E-state index is 0.336. The first kappa shape index (κ1) is 14.5. The summed E-state index contributed by atoms with van der Waals surface area (Å²) in [6, 6.07) is 6.39. The molecule has 0 radical (unpaired) electrons. The van der Waals surface area contributed by atoms with Crippen molar-refractivity contribution in [3.8, 4) is 5.75 Å². The molecular weight excluding hydrogens is 280 g/mol. The van der Waals surface area contributed by atoms with Crippen LogP contribution in [0.3, 0.4) is 0 Å². The van der Waals surface area contributed by atoms with Crippen LogP contribution >= 0.6 is 15.9 Å². The maximum Gasteiger partial charge on any atom is 0.124 e. The molecule has 17 heavy (non-hydrogen) atoms. The molecule has 0 spiro atoms. The summed E-state index contributed by atoms with van der Waals surface area (Å²) in [5.74, 6) is 1.42. The predicted octanol–water partition coefficient (Wildman–Crippen LogP) is 2.53. The number of nitrogens with two attached hydrogens (primary N) is 1. The lowest BCUT2D eigenvalue weighted by atomic mass is 10.0. The van der Waals surface area contributed by atoms with Crippen molar-refractivity contribution < 1.29 is 4.74 Å². The van der Waals surface area contributed by atoms with Gasteiger partial charge in [-0.1, -0.05) is 35.8 Å². The van der Waals surface area contributed by atoms with Gasteiger partial charge in [-0.2, -0.15) is 0 Å².